The molecule has 0 aliphatic heterocycles. The Morgan fingerprint density at radius 3 is 2.35 bits per heavy atom. The molecule has 1 aliphatic carbocycles. The minimum absolute atomic E-state index is 0.107. The molecule has 96 valence electrons. The Kier molecular flexibility index (Phi) is 4.50. The summed E-state index contributed by atoms with van der Waals surface area (Å²) in [6.07, 6.45) is 2.19. The van der Waals surface area contributed by atoms with Crippen molar-refractivity contribution in [1.29, 1.82) is 0 Å². The molecule has 2 nitrogen and oxygen atoms in total. The fraction of sp³-hybridized carbons (Fsp3) is 0.643. The summed E-state index contributed by atoms with van der Waals surface area (Å²) in [6, 6.07) is 0. The van der Waals surface area contributed by atoms with E-state index in [0.717, 1.165) is 36.4 Å². The third-order valence-corrected chi connectivity index (χ3v) is 3.55. The van der Waals surface area contributed by atoms with Gasteiger partial charge in [0, 0.05) is 30.4 Å². The van der Waals surface area contributed by atoms with E-state index in [2.05, 4.69) is 39.3 Å². The lowest BCUT2D eigenvalue weighted by atomic mass is 9.73. The second-order valence-corrected chi connectivity index (χ2v) is 6.11. The van der Waals surface area contributed by atoms with Crippen molar-refractivity contribution in [3.63, 3.8) is 0 Å². The fourth-order valence-corrected chi connectivity index (χ4v) is 2.68. The van der Waals surface area contributed by atoms with E-state index in [1.54, 1.807) is 0 Å². The quantitative estimate of drug-likeness (QED) is 0.463. The van der Waals surface area contributed by atoms with Crippen LogP contribution in [0.2, 0.25) is 0 Å². The van der Waals surface area contributed by atoms with Gasteiger partial charge in [0.25, 0.3) is 0 Å². The predicted molar refractivity (Wildman–Crippen MR) is 79.1 cm³/mol. The zero-order valence-electron chi connectivity index (χ0n) is 11.5. The summed E-state index contributed by atoms with van der Waals surface area (Å²) in [5, 5.41) is 0. The molecular formula is C14H24N2S. The van der Waals surface area contributed by atoms with Gasteiger partial charge in [-0.2, -0.15) is 0 Å². The first-order chi connectivity index (χ1) is 7.80. The average molecular weight is 252 g/mol. The number of nitrogens with two attached hydrogens (primary N) is 1. The van der Waals surface area contributed by atoms with Crippen molar-refractivity contribution in [3.05, 3.63) is 23.4 Å². The monoisotopic (exact) mass is 252 g/mol. The third-order valence-electron chi connectivity index (χ3n) is 3.10. The molecule has 0 atom stereocenters. The van der Waals surface area contributed by atoms with Crippen molar-refractivity contribution in [2.45, 2.75) is 33.6 Å². The minimum Gasteiger partial charge on any atom is -0.374 e. The van der Waals surface area contributed by atoms with Gasteiger partial charge in [-0.3, -0.25) is 0 Å². The number of nitrogens with zero attached hydrogens (tertiary/aromatic N) is 1. The molecule has 0 radical (unpaired) electrons. The molecule has 1 aliphatic rings. The van der Waals surface area contributed by atoms with E-state index in [4.69, 9.17) is 18.0 Å². The normalized spacial score (nSPS) is 16.3. The minimum atomic E-state index is 0.107. The average Bonchev–Trinajstić information content (AvgIpc) is 2.22. The topological polar surface area (TPSA) is 29.3 Å². The van der Waals surface area contributed by atoms with E-state index in [1.165, 1.54) is 11.3 Å². The van der Waals surface area contributed by atoms with Gasteiger partial charge in [-0.15, -0.1) is 0 Å². The smallest absolute Gasteiger partial charge is 0.0522 e. The maximum atomic E-state index is 5.51. The van der Waals surface area contributed by atoms with E-state index >= 15 is 0 Å². The Morgan fingerprint density at radius 2 is 1.88 bits per heavy atom. The Bertz CT molecular complexity index is 361. The first-order valence-electron chi connectivity index (χ1n) is 6.20. The van der Waals surface area contributed by atoms with Crippen LogP contribution in [0.4, 0.5) is 0 Å². The lowest BCUT2D eigenvalue weighted by molar-refractivity contribution is 0.388. The first kappa shape index (κ1) is 14.4. The van der Waals surface area contributed by atoms with E-state index in [9.17, 15) is 0 Å². The van der Waals surface area contributed by atoms with Gasteiger partial charge in [-0.25, -0.2) is 0 Å². The maximum absolute atomic E-state index is 5.51. The molecule has 17 heavy (non-hydrogen) atoms. The molecule has 0 aromatic carbocycles. The summed E-state index contributed by atoms with van der Waals surface area (Å²) < 4.78 is 0. The zero-order chi connectivity index (χ0) is 13.2. The molecule has 0 aromatic rings. The van der Waals surface area contributed by atoms with Crippen LogP contribution in [0.15, 0.2) is 23.4 Å². The Morgan fingerprint density at radius 1 is 1.29 bits per heavy atom. The Labute approximate surface area is 111 Å². The summed E-state index contributed by atoms with van der Waals surface area (Å²) in [7, 11) is 2.12. The lowest BCUT2D eigenvalue weighted by Gasteiger charge is -2.41. The Hall–Kier alpha value is -0.670. The molecule has 1 rings (SSSR count). The third kappa shape index (κ3) is 2.96. The summed E-state index contributed by atoms with van der Waals surface area (Å²) in [5.41, 5.74) is 9.18. The number of allylic oxidation sites excluding steroid dienone is 2. The Balaban J connectivity index is 2.83. The molecule has 0 fully saturated rings. The molecule has 0 spiro atoms. The molecular weight excluding hydrogens is 228 g/mol. The number of hydrogen-bond acceptors (Lipinski definition) is 3. The van der Waals surface area contributed by atoms with Crippen LogP contribution in [0.5, 0.6) is 0 Å². The van der Waals surface area contributed by atoms with Crippen LogP contribution in [-0.4, -0.2) is 29.9 Å². The van der Waals surface area contributed by atoms with E-state index in [-0.39, 0.29) is 5.41 Å². The molecule has 3 heteroatoms. The van der Waals surface area contributed by atoms with Crippen molar-refractivity contribution in [1.82, 2.24) is 4.90 Å². The molecule has 0 aromatic heterocycles. The molecule has 2 N–H and O–H groups in total. The molecule has 0 saturated heterocycles. The fourth-order valence-electron chi connectivity index (χ4n) is 2.18. The standard InChI is InChI=1S/C14H24N2S/c1-10-12(16(5)9-7-6-8-15)11(13(10)17)14(2,3)4/h1,6-9,15H2,2-5H3. The number of hydrogen-bond donors (Lipinski definition) is 1. The van der Waals surface area contributed by atoms with Crippen molar-refractivity contribution >= 4 is 17.1 Å². The molecule has 0 saturated carbocycles. The maximum Gasteiger partial charge on any atom is 0.0522 e. The highest BCUT2D eigenvalue weighted by Gasteiger charge is 2.37. The second kappa shape index (κ2) is 5.32. The molecule has 0 unspecified atom stereocenters. The van der Waals surface area contributed by atoms with E-state index in [1.807, 2.05) is 0 Å². The van der Waals surface area contributed by atoms with Gasteiger partial charge in [0.2, 0.25) is 0 Å². The predicted octanol–water partition coefficient (Wildman–Crippen LogP) is 2.90. The molecule has 0 bridgehead atoms. The highest BCUT2D eigenvalue weighted by Crippen LogP contribution is 2.43. The van der Waals surface area contributed by atoms with Crippen LogP contribution >= 0.6 is 12.2 Å². The number of thiocarbonyl (C=S) groups is 1. The van der Waals surface area contributed by atoms with Crippen molar-refractivity contribution < 1.29 is 0 Å². The lowest BCUT2D eigenvalue weighted by Crippen LogP contribution is -2.37. The summed E-state index contributed by atoms with van der Waals surface area (Å²) >= 11 is 5.40. The molecule has 0 heterocycles. The van der Waals surface area contributed by atoms with Crippen LogP contribution in [0.3, 0.4) is 0 Å². The summed E-state index contributed by atoms with van der Waals surface area (Å²) in [4.78, 5) is 3.23. The summed E-state index contributed by atoms with van der Waals surface area (Å²) in [6.45, 7) is 12.5. The largest absolute Gasteiger partial charge is 0.374 e. The molecule has 0 amide bonds. The van der Waals surface area contributed by atoms with E-state index < -0.39 is 0 Å². The van der Waals surface area contributed by atoms with Gasteiger partial charge < -0.3 is 10.6 Å². The van der Waals surface area contributed by atoms with Crippen LogP contribution in [0.25, 0.3) is 0 Å². The van der Waals surface area contributed by atoms with Gasteiger partial charge >= 0.3 is 0 Å². The van der Waals surface area contributed by atoms with Gasteiger partial charge in [0.05, 0.1) is 4.86 Å². The summed E-state index contributed by atoms with van der Waals surface area (Å²) in [5.74, 6) is 0. The van der Waals surface area contributed by atoms with Crippen LogP contribution in [0, 0.1) is 5.41 Å². The van der Waals surface area contributed by atoms with Gasteiger partial charge in [-0.1, -0.05) is 39.6 Å². The van der Waals surface area contributed by atoms with Crippen molar-refractivity contribution in [2.75, 3.05) is 20.1 Å². The highest BCUT2D eigenvalue weighted by atomic mass is 32.1. The number of likely N-dealkylation sites (N-methyl/N-ethyl adjacent to an activating group) is 1. The first-order valence-corrected chi connectivity index (χ1v) is 6.61. The number of unbranched alkanes of at least 4 members (excludes halogenated alkanes) is 1. The van der Waals surface area contributed by atoms with Crippen molar-refractivity contribution in [3.8, 4) is 0 Å². The van der Waals surface area contributed by atoms with E-state index in [0.29, 0.717) is 0 Å². The van der Waals surface area contributed by atoms with Crippen LogP contribution in [-0.2, 0) is 0 Å². The van der Waals surface area contributed by atoms with Crippen LogP contribution in [0.1, 0.15) is 33.6 Å². The second-order valence-electron chi connectivity index (χ2n) is 5.70. The number of rotatable bonds is 5. The van der Waals surface area contributed by atoms with Gasteiger partial charge in [0.15, 0.2) is 0 Å². The van der Waals surface area contributed by atoms with Gasteiger partial charge in [-0.05, 0) is 24.8 Å². The zero-order valence-corrected chi connectivity index (χ0v) is 12.3. The van der Waals surface area contributed by atoms with Crippen molar-refractivity contribution in [2.24, 2.45) is 11.1 Å². The van der Waals surface area contributed by atoms with Gasteiger partial charge in [0.1, 0.15) is 0 Å². The SMILES string of the molecule is C=C1C(=S)C(C(C)(C)C)=C1N(C)CCCCN. The highest BCUT2D eigenvalue weighted by molar-refractivity contribution is 7.81. The van der Waals surface area contributed by atoms with Crippen LogP contribution < -0.4 is 5.73 Å².